The lowest BCUT2D eigenvalue weighted by atomic mass is 10.2. The van der Waals surface area contributed by atoms with Gasteiger partial charge in [0.15, 0.2) is 5.82 Å². The summed E-state index contributed by atoms with van der Waals surface area (Å²) in [6.07, 6.45) is 0. The van der Waals surface area contributed by atoms with E-state index in [-0.39, 0.29) is 12.5 Å². The van der Waals surface area contributed by atoms with Crippen molar-refractivity contribution >= 4 is 21.9 Å². The molecule has 0 bridgehead atoms. The predicted octanol–water partition coefficient (Wildman–Crippen LogP) is 1.88. The second kappa shape index (κ2) is 5.09. The van der Waals surface area contributed by atoms with Crippen molar-refractivity contribution in [1.29, 1.82) is 0 Å². The number of nitrogens with zero attached hydrogens (tertiary/aromatic N) is 3. The number of methoxy groups -OCH3 is 1. The average Bonchev–Trinajstić information content (AvgIpc) is 2.71. The number of carbonyl (C=O) groups excluding carboxylic acids is 1. The van der Waals surface area contributed by atoms with Gasteiger partial charge in [0.2, 0.25) is 4.73 Å². The average molecular weight is 296 g/mol. The first-order chi connectivity index (χ1) is 8.20. The van der Waals surface area contributed by atoms with Crippen molar-refractivity contribution in [2.24, 2.45) is 0 Å². The third kappa shape index (κ3) is 2.71. The maximum atomic E-state index is 11.2. The Hall–Kier alpha value is -1.69. The second-order valence-corrected chi connectivity index (χ2v) is 4.01. The largest absolute Gasteiger partial charge is 0.468 e. The van der Waals surface area contributed by atoms with Crippen LogP contribution in [0.15, 0.2) is 35.1 Å². The van der Waals surface area contributed by atoms with Crippen molar-refractivity contribution in [3.63, 3.8) is 0 Å². The van der Waals surface area contributed by atoms with Gasteiger partial charge in [-0.15, -0.1) is 5.10 Å². The summed E-state index contributed by atoms with van der Waals surface area (Å²) in [5.74, 6) is 0.266. The Labute approximate surface area is 107 Å². The molecule has 0 spiro atoms. The Kier molecular flexibility index (Phi) is 3.53. The van der Waals surface area contributed by atoms with Crippen LogP contribution in [0.3, 0.4) is 0 Å². The van der Waals surface area contributed by atoms with Crippen LogP contribution in [0.2, 0.25) is 0 Å². The molecule has 1 heterocycles. The van der Waals surface area contributed by atoms with Crippen LogP contribution in [0.5, 0.6) is 0 Å². The molecule has 88 valence electrons. The molecule has 0 radical (unpaired) electrons. The van der Waals surface area contributed by atoms with Crippen LogP contribution in [-0.4, -0.2) is 27.8 Å². The zero-order valence-corrected chi connectivity index (χ0v) is 10.7. The third-order valence-electron chi connectivity index (χ3n) is 2.18. The molecule has 0 unspecified atom stereocenters. The van der Waals surface area contributed by atoms with Crippen LogP contribution in [0, 0.1) is 0 Å². The Balaban J connectivity index is 2.37. The van der Waals surface area contributed by atoms with E-state index < -0.39 is 0 Å². The van der Waals surface area contributed by atoms with E-state index in [1.54, 1.807) is 0 Å². The van der Waals surface area contributed by atoms with Crippen molar-refractivity contribution in [2.45, 2.75) is 6.54 Å². The minimum Gasteiger partial charge on any atom is -0.468 e. The molecule has 2 rings (SSSR count). The van der Waals surface area contributed by atoms with Crippen LogP contribution in [0.4, 0.5) is 0 Å². The lowest BCUT2D eigenvalue weighted by Gasteiger charge is -2.03. The van der Waals surface area contributed by atoms with Crippen LogP contribution in [-0.2, 0) is 16.1 Å². The van der Waals surface area contributed by atoms with E-state index in [4.69, 9.17) is 0 Å². The van der Waals surface area contributed by atoms with Gasteiger partial charge in [-0.2, -0.15) is 0 Å². The van der Waals surface area contributed by atoms with Crippen molar-refractivity contribution in [2.75, 3.05) is 7.11 Å². The van der Waals surface area contributed by atoms with Crippen molar-refractivity contribution in [3.05, 3.63) is 35.1 Å². The molecule has 0 aliphatic carbocycles. The van der Waals surface area contributed by atoms with Crippen molar-refractivity contribution in [1.82, 2.24) is 14.8 Å². The molecule has 0 atom stereocenters. The number of halogens is 1. The zero-order chi connectivity index (χ0) is 12.3. The summed E-state index contributed by atoms with van der Waals surface area (Å²) in [6.45, 7) is 0.0410. The summed E-state index contributed by atoms with van der Waals surface area (Å²) >= 11 is 3.20. The normalized spacial score (nSPS) is 10.2. The maximum Gasteiger partial charge on any atom is 0.327 e. The summed E-state index contributed by atoms with van der Waals surface area (Å²) in [5, 5.41) is 4.10. The molecule has 1 aromatic heterocycles. The molecule has 0 fully saturated rings. The lowest BCUT2D eigenvalue weighted by molar-refractivity contribution is -0.141. The van der Waals surface area contributed by atoms with Crippen LogP contribution >= 0.6 is 15.9 Å². The van der Waals surface area contributed by atoms with E-state index in [9.17, 15) is 4.79 Å². The standard InChI is InChI=1S/C11H10BrN3O2/c1-17-9(16)7-15-10(13-11(12)14-15)8-5-3-2-4-6-8/h2-6H,7H2,1H3. The molecule has 5 nitrogen and oxygen atoms in total. The second-order valence-electron chi connectivity index (χ2n) is 3.30. The van der Waals surface area contributed by atoms with Crippen LogP contribution < -0.4 is 0 Å². The molecule has 0 amide bonds. The summed E-state index contributed by atoms with van der Waals surface area (Å²) in [5.41, 5.74) is 0.898. The highest BCUT2D eigenvalue weighted by Gasteiger charge is 2.13. The Morgan fingerprint density at radius 1 is 1.41 bits per heavy atom. The first kappa shape index (κ1) is 11.8. The van der Waals surface area contributed by atoms with Gasteiger partial charge in [-0.3, -0.25) is 4.79 Å². The van der Waals surface area contributed by atoms with Gasteiger partial charge < -0.3 is 4.74 Å². The molecule has 0 N–H and O–H groups in total. The molecule has 1 aromatic carbocycles. The van der Waals surface area contributed by atoms with Gasteiger partial charge in [-0.1, -0.05) is 30.3 Å². The fourth-order valence-corrected chi connectivity index (χ4v) is 1.77. The minimum absolute atomic E-state index is 0.0410. The summed E-state index contributed by atoms with van der Waals surface area (Å²) in [6, 6.07) is 9.54. The highest BCUT2D eigenvalue weighted by molar-refractivity contribution is 9.10. The highest BCUT2D eigenvalue weighted by Crippen LogP contribution is 2.18. The number of rotatable bonds is 3. The lowest BCUT2D eigenvalue weighted by Crippen LogP contribution is -2.13. The van der Waals surface area contributed by atoms with Gasteiger partial charge in [0.1, 0.15) is 6.54 Å². The number of carbonyl (C=O) groups is 1. The number of benzene rings is 1. The van der Waals surface area contributed by atoms with Gasteiger partial charge >= 0.3 is 5.97 Å². The van der Waals surface area contributed by atoms with E-state index in [1.807, 2.05) is 30.3 Å². The Bertz CT molecular complexity index is 525. The maximum absolute atomic E-state index is 11.2. The van der Waals surface area contributed by atoms with Crippen LogP contribution in [0.25, 0.3) is 11.4 Å². The number of esters is 1. The fourth-order valence-electron chi connectivity index (χ4n) is 1.41. The van der Waals surface area contributed by atoms with Crippen LogP contribution in [0.1, 0.15) is 0 Å². The molecule has 6 heteroatoms. The number of hydrogen-bond donors (Lipinski definition) is 0. The first-order valence-electron chi connectivity index (χ1n) is 4.93. The van der Waals surface area contributed by atoms with Gasteiger partial charge in [-0.25, -0.2) is 9.67 Å². The number of ether oxygens (including phenoxy) is 1. The predicted molar refractivity (Wildman–Crippen MR) is 65.2 cm³/mol. The van der Waals surface area contributed by atoms with E-state index in [2.05, 4.69) is 30.7 Å². The third-order valence-corrected chi connectivity index (χ3v) is 2.52. The topological polar surface area (TPSA) is 57.0 Å². The van der Waals surface area contributed by atoms with Gasteiger partial charge in [0, 0.05) is 5.56 Å². The highest BCUT2D eigenvalue weighted by atomic mass is 79.9. The van der Waals surface area contributed by atoms with E-state index in [0.717, 1.165) is 5.56 Å². The Morgan fingerprint density at radius 3 is 2.76 bits per heavy atom. The van der Waals surface area contributed by atoms with Crippen molar-refractivity contribution in [3.8, 4) is 11.4 Å². The molecule has 0 saturated carbocycles. The monoisotopic (exact) mass is 295 g/mol. The van der Waals surface area contributed by atoms with Crippen molar-refractivity contribution < 1.29 is 9.53 Å². The van der Waals surface area contributed by atoms with E-state index in [1.165, 1.54) is 11.8 Å². The quantitative estimate of drug-likeness (QED) is 0.812. The first-order valence-corrected chi connectivity index (χ1v) is 5.72. The molecule has 0 aliphatic heterocycles. The van der Waals surface area contributed by atoms with Gasteiger partial charge in [0.25, 0.3) is 0 Å². The van der Waals surface area contributed by atoms with Gasteiger partial charge in [0.05, 0.1) is 7.11 Å². The Morgan fingerprint density at radius 2 is 2.12 bits per heavy atom. The molecular formula is C11H10BrN3O2. The molecule has 2 aromatic rings. The van der Waals surface area contributed by atoms with E-state index >= 15 is 0 Å². The summed E-state index contributed by atoms with van der Waals surface area (Å²) < 4.78 is 6.56. The molecule has 17 heavy (non-hydrogen) atoms. The number of hydrogen-bond acceptors (Lipinski definition) is 4. The van der Waals surface area contributed by atoms with Gasteiger partial charge in [-0.05, 0) is 15.9 Å². The smallest absolute Gasteiger partial charge is 0.327 e. The van der Waals surface area contributed by atoms with E-state index in [0.29, 0.717) is 10.6 Å². The minimum atomic E-state index is -0.361. The fraction of sp³-hybridized carbons (Fsp3) is 0.182. The SMILES string of the molecule is COC(=O)Cn1nc(Br)nc1-c1ccccc1. The molecule has 0 aliphatic rings. The summed E-state index contributed by atoms with van der Waals surface area (Å²) in [7, 11) is 1.34. The number of aromatic nitrogens is 3. The zero-order valence-electron chi connectivity index (χ0n) is 9.13. The summed E-state index contributed by atoms with van der Waals surface area (Å²) in [4.78, 5) is 15.5. The molecule has 0 saturated heterocycles. The molecular weight excluding hydrogens is 286 g/mol.